The van der Waals surface area contributed by atoms with Gasteiger partial charge in [0.25, 0.3) is 0 Å². The smallest absolute Gasteiger partial charge is 0.307 e. The van der Waals surface area contributed by atoms with E-state index in [1.54, 1.807) is 26.0 Å². The van der Waals surface area contributed by atoms with Crippen molar-refractivity contribution in [3.8, 4) is 0 Å². The lowest BCUT2D eigenvalue weighted by atomic mass is 10.2. The topological polar surface area (TPSA) is 74.7 Å². The Morgan fingerprint density at radius 3 is 2.39 bits per heavy atom. The Morgan fingerprint density at radius 2 is 1.89 bits per heavy atom. The van der Waals surface area contributed by atoms with Gasteiger partial charge in [-0.05, 0) is 17.7 Å². The second-order valence-electron chi connectivity index (χ2n) is 3.81. The Morgan fingerprint density at radius 1 is 1.28 bits per heavy atom. The first kappa shape index (κ1) is 14.7. The molecule has 1 aromatic carbocycles. The number of rotatable bonds is 6. The fourth-order valence-electron chi connectivity index (χ4n) is 1.70. The molecule has 18 heavy (non-hydrogen) atoms. The Labute approximate surface area is 107 Å². The van der Waals surface area contributed by atoms with Crippen molar-refractivity contribution in [1.29, 1.82) is 0 Å². The first-order valence-electron chi connectivity index (χ1n) is 5.72. The fraction of sp³-hybridized carbons (Fsp3) is 0.417. The Hall–Kier alpha value is -1.40. The van der Waals surface area contributed by atoms with E-state index in [0.717, 1.165) is 0 Å². The summed E-state index contributed by atoms with van der Waals surface area (Å²) in [5.74, 6) is -0.979. The van der Waals surface area contributed by atoms with Gasteiger partial charge in [-0.25, -0.2) is 8.42 Å². The SMILES string of the molecule is CCN(CC)S(=O)(=O)c1cccc(CC(=O)O)c1. The van der Waals surface area contributed by atoms with E-state index >= 15 is 0 Å². The summed E-state index contributed by atoms with van der Waals surface area (Å²) in [6.45, 7) is 4.31. The molecule has 0 bridgehead atoms. The highest BCUT2D eigenvalue weighted by atomic mass is 32.2. The monoisotopic (exact) mass is 271 g/mol. The average molecular weight is 271 g/mol. The molecule has 6 heteroatoms. The zero-order chi connectivity index (χ0) is 13.8. The van der Waals surface area contributed by atoms with Crippen LogP contribution in [-0.4, -0.2) is 36.9 Å². The lowest BCUT2D eigenvalue weighted by Gasteiger charge is -2.18. The molecule has 0 unspecified atom stereocenters. The predicted molar refractivity (Wildman–Crippen MR) is 67.9 cm³/mol. The van der Waals surface area contributed by atoms with E-state index in [2.05, 4.69) is 0 Å². The number of carboxylic acid groups (broad SMARTS) is 1. The van der Waals surface area contributed by atoms with Crippen LogP contribution in [-0.2, 0) is 21.2 Å². The predicted octanol–water partition coefficient (Wildman–Crippen LogP) is 1.34. The molecule has 0 amide bonds. The van der Waals surface area contributed by atoms with E-state index in [1.165, 1.54) is 16.4 Å². The number of hydrogen-bond donors (Lipinski definition) is 1. The molecular weight excluding hydrogens is 254 g/mol. The van der Waals surface area contributed by atoms with Crippen molar-refractivity contribution in [2.75, 3.05) is 13.1 Å². The highest BCUT2D eigenvalue weighted by molar-refractivity contribution is 7.89. The van der Waals surface area contributed by atoms with Crippen molar-refractivity contribution >= 4 is 16.0 Å². The number of carboxylic acids is 1. The highest BCUT2D eigenvalue weighted by Crippen LogP contribution is 2.17. The van der Waals surface area contributed by atoms with Gasteiger partial charge in [0, 0.05) is 13.1 Å². The minimum Gasteiger partial charge on any atom is -0.481 e. The van der Waals surface area contributed by atoms with E-state index in [9.17, 15) is 13.2 Å². The molecule has 1 N–H and O–H groups in total. The van der Waals surface area contributed by atoms with Crippen molar-refractivity contribution in [3.05, 3.63) is 29.8 Å². The van der Waals surface area contributed by atoms with E-state index in [0.29, 0.717) is 18.7 Å². The molecule has 0 saturated carbocycles. The number of sulfonamides is 1. The molecule has 0 aliphatic rings. The van der Waals surface area contributed by atoms with Gasteiger partial charge < -0.3 is 5.11 Å². The minimum absolute atomic E-state index is 0.143. The summed E-state index contributed by atoms with van der Waals surface area (Å²) >= 11 is 0. The fourth-order valence-corrected chi connectivity index (χ4v) is 3.23. The molecule has 5 nitrogen and oxygen atoms in total. The summed E-state index contributed by atoms with van der Waals surface area (Å²) in [7, 11) is -3.52. The van der Waals surface area contributed by atoms with Gasteiger partial charge in [0.05, 0.1) is 11.3 Å². The number of aliphatic carboxylic acids is 1. The van der Waals surface area contributed by atoms with Gasteiger partial charge in [-0.1, -0.05) is 26.0 Å². The molecule has 0 radical (unpaired) electrons. The largest absolute Gasteiger partial charge is 0.481 e. The van der Waals surface area contributed by atoms with Crippen molar-refractivity contribution in [2.24, 2.45) is 0 Å². The molecule has 1 aromatic rings. The lowest BCUT2D eigenvalue weighted by Crippen LogP contribution is -2.30. The van der Waals surface area contributed by atoms with E-state index < -0.39 is 16.0 Å². The van der Waals surface area contributed by atoms with Gasteiger partial charge in [-0.2, -0.15) is 4.31 Å². The zero-order valence-corrected chi connectivity index (χ0v) is 11.3. The van der Waals surface area contributed by atoms with E-state index in [1.807, 2.05) is 0 Å². The molecule has 0 spiro atoms. The molecule has 0 aliphatic heterocycles. The Kier molecular flexibility index (Phi) is 4.86. The molecule has 0 aliphatic carbocycles. The van der Waals surface area contributed by atoms with Gasteiger partial charge in [0.15, 0.2) is 0 Å². The molecule has 100 valence electrons. The summed E-state index contributed by atoms with van der Waals surface area (Å²) < 4.78 is 25.8. The maximum absolute atomic E-state index is 12.2. The van der Waals surface area contributed by atoms with Crippen molar-refractivity contribution in [3.63, 3.8) is 0 Å². The molecule has 1 rings (SSSR count). The van der Waals surface area contributed by atoms with Crippen LogP contribution in [0, 0.1) is 0 Å². The highest BCUT2D eigenvalue weighted by Gasteiger charge is 2.21. The first-order valence-corrected chi connectivity index (χ1v) is 7.16. The van der Waals surface area contributed by atoms with E-state index in [-0.39, 0.29) is 11.3 Å². The van der Waals surface area contributed by atoms with Gasteiger partial charge >= 0.3 is 5.97 Å². The van der Waals surface area contributed by atoms with E-state index in [4.69, 9.17) is 5.11 Å². The van der Waals surface area contributed by atoms with Crippen molar-refractivity contribution in [2.45, 2.75) is 25.2 Å². The zero-order valence-electron chi connectivity index (χ0n) is 10.5. The summed E-state index contributed by atoms with van der Waals surface area (Å²) in [6.07, 6.45) is -0.179. The van der Waals surface area contributed by atoms with Crippen LogP contribution in [0.4, 0.5) is 0 Å². The van der Waals surface area contributed by atoms with Gasteiger partial charge in [0.2, 0.25) is 10.0 Å². The quantitative estimate of drug-likeness (QED) is 0.847. The third kappa shape index (κ3) is 3.30. The van der Waals surface area contributed by atoms with Crippen LogP contribution in [0.5, 0.6) is 0 Å². The third-order valence-electron chi connectivity index (χ3n) is 2.60. The molecular formula is C12H17NO4S. The van der Waals surface area contributed by atoms with Gasteiger partial charge in [0.1, 0.15) is 0 Å². The number of carbonyl (C=O) groups is 1. The standard InChI is InChI=1S/C12H17NO4S/c1-3-13(4-2)18(16,17)11-7-5-6-10(8-11)9-12(14)15/h5-8H,3-4,9H2,1-2H3,(H,14,15). The lowest BCUT2D eigenvalue weighted by molar-refractivity contribution is -0.136. The number of benzene rings is 1. The van der Waals surface area contributed by atoms with Crippen molar-refractivity contribution < 1.29 is 18.3 Å². The maximum atomic E-state index is 12.2. The van der Waals surface area contributed by atoms with Gasteiger partial charge in [-0.3, -0.25) is 4.79 Å². The van der Waals surface area contributed by atoms with Crippen LogP contribution in [0.15, 0.2) is 29.2 Å². The van der Waals surface area contributed by atoms with Crippen LogP contribution in [0.3, 0.4) is 0 Å². The average Bonchev–Trinajstić information content (AvgIpc) is 2.29. The Bertz CT molecular complexity index is 521. The molecule has 0 saturated heterocycles. The van der Waals surface area contributed by atoms with Crippen LogP contribution in [0.25, 0.3) is 0 Å². The summed E-state index contributed by atoms with van der Waals surface area (Å²) in [5, 5.41) is 8.70. The normalized spacial score (nSPS) is 11.7. The summed E-state index contributed by atoms with van der Waals surface area (Å²) in [6, 6.07) is 6.07. The number of hydrogen-bond acceptors (Lipinski definition) is 3. The van der Waals surface area contributed by atoms with Crippen LogP contribution >= 0.6 is 0 Å². The van der Waals surface area contributed by atoms with Crippen molar-refractivity contribution in [1.82, 2.24) is 4.31 Å². The second kappa shape index (κ2) is 5.97. The Balaban J connectivity index is 3.13. The summed E-state index contributed by atoms with van der Waals surface area (Å²) in [4.78, 5) is 10.8. The molecule has 0 fully saturated rings. The third-order valence-corrected chi connectivity index (χ3v) is 4.64. The van der Waals surface area contributed by atoms with Crippen LogP contribution < -0.4 is 0 Å². The first-order chi connectivity index (χ1) is 8.41. The number of nitrogens with zero attached hydrogens (tertiary/aromatic N) is 1. The van der Waals surface area contributed by atoms with Crippen LogP contribution in [0.2, 0.25) is 0 Å². The molecule has 0 heterocycles. The maximum Gasteiger partial charge on any atom is 0.307 e. The van der Waals surface area contributed by atoms with Gasteiger partial charge in [-0.15, -0.1) is 0 Å². The second-order valence-corrected chi connectivity index (χ2v) is 5.75. The van der Waals surface area contributed by atoms with Crippen LogP contribution in [0.1, 0.15) is 19.4 Å². The summed E-state index contributed by atoms with van der Waals surface area (Å²) in [5.41, 5.74) is 0.482. The minimum atomic E-state index is -3.52. The molecule has 0 atom stereocenters. The molecule has 0 aromatic heterocycles.